The minimum Gasteiger partial charge on any atom is -0.494 e. The lowest BCUT2D eigenvalue weighted by Gasteiger charge is -2.25. The Bertz CT molecular complexity index is 2310. The predicted octanol–water partition coefficient (Wildman–Crippen LogP) is 14.7. The third-order valence-electron chi connectivity index (χ3n) is 14.6. The molecule has 0 aliphatic carbocycles. The molecule has 8 atom stereocenters. The minimum absolute atomic E-state index is 0.0999. The Balaban J connectivity index is 0.000000560. The maximum atomic E-state index is 11.1. The van der Waals surface area contributed by atoms with Gasteiger partial charge in [-0.2, -0.15) is 0 Å². The van der Waals surface area contributed by atoms with E-state index >= 15 is 0 Å². The number of carbonyl (C=O) groups is 1. The number of hydrogen-bond donors (Lipinski definition) is 7. The number of nitrogens with zero attached hydrogens (tertiary/aromatic N) is 1. The fraction of sp³-hybridized carbons (Fsp3) is 0.548. The van der Waals surface area contributed by atoms with Crippen molar-refractivity contribution in [3.8, 4) is 11.5 Å². The molecule has 1 amide bonds. The van der Waals surface area contributed by atoms with Crippen molar-refractivity contribution in [2.75, 3.05) is 40.9 Å². The van der Waals surface area contributed by atoms with E-state index in [-0.39, 0.29) is 30.1 Å². The summed E-state index contributed by atoms with van der Waals surface area (Å²) in [6.45, 7) is 22.9. The van der Waals surface area contributed by atoms with E-state index in [1.54, 1.807) is 6.08 Å². The van der Waals surface area contributed by atoms with E-state index in [9.17, 15) is 25.2 Å². The molecule has 11 heteroatoms. The van der Waals surface area contributed by atoms with Crippen molar-refractivity contribution in [1.82, 2.24) is 20.9 Å². The van der Waals surface area contributed by atoms with Crippen LogP contribution in [0.1, 0.15) is 193 Å². The largest absolute Gasteiger partial charge is 0.494 e. The summed E-state index contributed by atoms with van der Waals surface area (Å²) in [5.74, 6) is 1.69. The molecule has 0 aromatic heterocycles. The Morgan fingerprint density at radius 1 is 0.464 bits per heavy atom. The molecule has 0 saturated carbocycles. The summed E-state index contributed by atoms with van der Waals surface area (Å²) < 4.78 is 11.3. The summed E-state index contributed by atoms with van der Waals surface area (Å²) in [5.41, 5.74) is 7.12. The van der Waals surface area contributed by atoms with Crippen LogP contribution in [0.5, 0.6) is 11.5 Å². The summed E-state index contributed by atoms with van der Waals surface area (Å²) in [6, 6.07) is 33.2. The Hall–Kier alpha value is -5.37. The van der Waals surface area contributed by atoms with Crippen molar-refractivity contribution in [1.29, 1.82) is 0 Å². The van der Waals surface area contributed by atoms with Gasteiger partial charge in [-0.3, -0.25) is 4.79 Å². The number of nitrogens with one attached hydrogen (secondary N) is 3. The van der Waals surface area contributed by atoms with Crippen LogP contribution in [0.4, 0.5) is 0 Å². The van der Waals surface area contributed by atoms with Gasteiger partial charge in [-0.25, -0.2) is 0 Å². The number of likely N-dealkylation sites (N-methyl/N-ethyl adjacent to an activating group) is 3. The van der Waals surface area contributed by atoms with Crippen molar-refractivity contribution >= 4 is 30.2 Å². The van der Waals surface area contributed by atoms with E-state index in [1.807, 2.05) is 119 Å². The van der Waals surface area contributed by atoms with Gasteiger partial charge in [0.15, 0.2) is 0 Å². The van der Waals surface area contributed by atoms with Crippen molar-refractivity contribution in [3.05, 3.63) is 155 Å². The lowest BCUT2D eigenvalue weighted by molar-refractivity contribution is -0.120. The number of hydrogen-bond acceptors (Lipinski definition) is 10. The van der Waals surface area contributed by atoms with Crippen LogP contribution < -0.4 is 25.4 Å². The molecule has 0 saturated heterocycles. The van der Waals surface area contributed by atoms with Gasteiger partial charge in [0.05, 0.1) is 43.7 Å². The molecular formula is C73H116N4O7. The molecule has 4 aromatic rings. The van der Waals surface area contributed by atoms with Crippen LogP contribution >= 0.6 is 0 Å². The molecule has 11 nitrogen and oxygen atoms in total. The van der Waals surface area contributed by atoms with Crippen LogP contribution in [0.2, 0.25) is 0 Å². The number of rotatable bonds is 37. The van der Waals surface area contributed by atoms with Crippen molar-refractivity contribution in [3.63, 3.8) is 0 Å². The summed E-state index contributed by atoms with van der Waals surface area (Å²) in [6.07, 6.45) is 30.9. The molecular weight excluding hydrogens is 1040 g/mol. The van der Waals surface area contributed by atoms with E-state index in [0.29, 0.717) is 6.42 Å². The fourth-order valence-corrected chi connectivity index (χ4v) is 9.12. The second kappa shape index (κ2) is 48.8. The number of unbranched alkanes of at least 4 members (excludes halogenated alkanes) is 6. The van der Waals surface area contributed by atoms with Gasteiger partial charge in [0.2, 0.25) is 5.91 Å². The van der Waals surface area contributed by atoms with Crippen LogP contribution in [-0.2, 0) is 17.6 Å². The minimum atomic E-state index is -0.668. The average Bonchev–Trinajstić information content (AvgIpc) is 3.56. The molecule has 0 fully saturated rings. The molecule has 0 spiro atoms. The van der Waals surface area contributed by atoms with E-state index in [2.05, 4.69) is 125 Å². The number of carbonyl (C=O) groups excluding carboxylic acids is 1. The third kappa shape index (κ3) is 35.2. The van der Waals surface area contributed by atoms with Gasteiger partial charge >= 0.3 is 0 Å². The average molecular weight is 1160 g/mol. The summed E-state index contributed by atoms with van der Waals surface area (Å²) in [4.78, 5) is 13.1. The fourth-order valence-electron chi connectivity index (χ4n) is 9.12. The highest BCUT2D eigenvalue weighted by atomic mass is 16.5. The predicted molar refractivity (Wildman–Crippen MR) is 360 cm³/mol. The van der Waals surface area contributed by atoms with Gasteiger partial charge in [-0.1, -0.05) is 222 Å². The molecule has 4 aromatic carbocycles. The first-order valence-electron chi connectivity index (χ1n) is 32.0. The maximum Gasteiger partial charge on any atom is 0.217 e. The molecule has 0 aliphatic rings. The first kappa shape index (κ1) is 76.6. The molecule has 0 radical (unpaired) electrons. The van der Waals surface area contributed by atoms with Crippen molar-refractivity contribution in [2.24, 2.45) is 0 Å². The van der Waals surface area contributed by atoms with Crippen LogP contribution in [-0.4, -0.2) is 121 Å². The highest BCUT2D eigenvalue weighted by molar-refractivity contribution is 5.73. The van der Waals surface area contributed by atoms with Gasteiger partial charge in [0, 0.05) is 25.0 Å². The van der Waals surface area contributed by atoms with Crippen LogP contribution in [0, 0.1) is 0 Å². The SMILES string of the molecule is CCCCCc1ccc(/C=C/[C@H](O)[C@@H](CC)NC(C)=O)cc1.CCCCCc1ccc(/C=C/[C@H](O)[C@@H](CC)NCC)cc1.CCCCOc1ccc(/C=C/[C@H](O)[C@@H](CC)N(C)C)cc1.CCCCOc1ccc(/C=C/[C@H](O)[C@@H](CC)NC)cc1. The van der Waals surface area contributed by atoms with Gasteiger partial charge in [-0.15, -0.1) is 0 Å². The molecule has 0 bridgehead atoms. The van der Waals surface area contributed by atoms with E-state index in [4.69, 9.17) is 9.47 Å². The summed E-state index contributed by atoms with van der Waals surface area (Å²) >= 11 is 0. The second-order valence-electron chi connectivity index (χ2n) is 21.9. The number of aryl methyl sites for hydroxylation is 2. The third-order valence-corrected chi connectivity index (χ3v) is 14.6. The Labute approximate surface area is 511 Å². The number of ether oxygens (including phenoxy) is 2. The maximum absolute atomic E-state index is 11.1. The van der Waals surface area contributed by atoms with Gasteiger partial charge in [0.25, 0.3) is 0 Å². The van der Waals surface area contributed by atoms with E-state index in [0.717, 1.165) is 105 Å². The first-order chi connectivity index (χ1) is 40.6. The highest BCUT2D eigenvalue weighted by Gasteiger charge is 2.17. The first-order valence-corrected chi connectivity index (χ1v) is 32.0. The second-order valence-corrected chi connectivity index (χ2v) is 21.9. The van der Waals surface area contributed by atoms with E-state index < -0.39 is 24.4 Å². The normalized spacial score (nSPS) is 14.4. The lowest BCUT2D eigenvalue weighted by atomic mass is 10.0. The zero-order valence-corrected chi connectivity index (χ0v) is 54.4. The van der Waals surface area contributed by atoms with Gasteiger partial charge < -0.3 is 50.8 Å². The van der Waals surface area contributed by atoms with E-state index in [1.165, 1.54) is 63.0 Å². The lowest BCUT2D eigenvalue weighted by Crippen LogP contribution is -2.40. The monoisotopic (exact) mass is 1160 g/mol. The Morgan fingerprint density at radius 2 is 0.810 bits per heavy atom. The van der Waals surface area contributed by atoms with Crippen molar-refractivity contribution in [2.45, 2.75) is 221 Å². The van der Waals surface area contributed by atoms with Crippen LogP contribution in [0.25, 0.3) is 24.3 Å². The topological polar surface area (TPSA) is 156 Å². The zero-order chi connectivity index (χ0) is 62.3. The summed E-state index contributed by atoms with van der Waals surface area (Å²) in [7, 11) is 5.86. The Morgan fingerprint density at radius 3 is 1.12 bits per heavy atom. The van der Waals surface area contributed by atoms with Crippen LogP contribution in [0.15, 0.2) is 121 Å². The van der Waals surface area contributed by atoms with Crippen LogP contribution in [0.3, 0.4) is 0 Å². The van der Waals surface area contributed by atoms with Gasteiger partial charge in [0.1, 0.15) is 11.5 Å². The van der Waals surface area contributed by atoms with Gasteiger partial charge in [-0.05, 0) is 150 Å². The molecule has 4 rings (SSSR count). The van der Waals surface area contributed by atoms with Crippen molar-refractivity contribution < 1.29 is 34.7 Å². The quantitative estimate of drug-likeness (QED) is 0.0217. The molecule has 470 valence electrons. The molecule has 84 heavy (non-hydrogen) atoms. The summed E-state index contributed by atoms with van der Waals surface area (Å²) in [5, 5.41) is 49.6. The standard InChI is InChI=1S/C19H29NO2.C19H31NO.C18H29NO2.C17H27NO2/c1-4-6-7-8-16-9-11-17(12-10-16)13-14-19(22)18(5-2)20-15(3)21;1-4-7-8-9-16-10-12-17(13-11-16)14-15-19(21)18(5-2)20-6-3;1-5-7-14-21-16-11-8-15(9-12-16)10-13-18(20)17(6-2)19(3)4;1-4-6-13-20-15-10-7-14(8-11-15)9-12-17(19)16(5-2)18-3/h9-14,18-19,22H,4-8H2,1-3H3,(H,20,21);10-15,18-21H,4-9H2,1-3H3;8-13,17-18,20H,5-7,14H2,1-4H3;7-12,16-19H,4-6,13H2,1-3H3/b14-13+;15-14+;13-10+;12-9+/t2*18-,19+;17-,18+;16-,17+/m1111/s1. The molecule has 0 heterocycles. The molecule has 0 unspecified atom stereocenters. The smallest absolute Gasteiger partial charge is 0.217 e. The number of benzene rings is 4. The zero-order valence-electron chi connectivity index (χ0n) is 54.4. The molecule has 7 N–H and O–H groups in total. The number of aliphatic hydroxyl groups is 4. The number of aliphatic hydroxyl groups excluding tert-OH is 4. The molecule has 0 aliphatic heterocycles. The Kier molecular flexibility index (Phi) is 44.5. The highest BCUT2D eigenvalue weighted by Crippen LogP contribution is 2.18. The number of amides is 1.